The van der Waals surface area contributed by atoms with Crippen molar-refractivity contribution in [2.75, 3.05) is 31.1 Å². The van der Waals surface area contributed by atoms with Crippen molar-refractivity contribution in [1.82, 2.24) is 4.90 Å². The van der Waals surface area contributed by atoms with Crippen molar-refractivity contribution in [3.63, 3.8) is 0 Å². The van der Waals surface area contributed by atoms with Gasteiger partial charge in [0.25, 0.3) is 0 Å². The zero-order valence-corrected chi connectivity index (χ0v) is 10.2. The maximum Gasteiger partial charge on any atom is 0.0579 e. The van der Waals surface area contributed by atoms with Gasteiger partial charge in [-0.2, -0.15) is 0 Å². The van der Waals surface area contributed by atoms with E-state index in [1.54, 1.807) is 0 Å². The topological polar surface area (TPSA) is 6.48 Å². The van der Waals surface area contributed by atoms with Gasteiger partial charge in [-0.1, -0.05) is 18.2 Å². The van der Waals surface area contributed by atoms with E-state index in [0.717, 1.165) is 26.2 Å². The van der Waals surface area contributed by atoms with E-state index >= 15 is 0 Å². The monoisotopic (exact) mass is 216 g/mol. The second-order valence-electron chi connectivity index (χ2n) is 4.08. The molecule has 0 spiro atoms. The summed E-state index contributed by atoms with van der Waals surface area (Å²) in [5.41, 5.74) is 2.79. The minimum absolute atomic E-state index is 1.04. The molecule has 86 valence electrons. The van der Waals surface area contributed by atoms with Gasteiger partial charge in [0, 0.05) is 31.0 Å². The summed E-state index contributed by atoms with van der Waals surface area (Å²) in [7, 11) is 0. The van der Waals surface area contributed by atoms with Crippen molar-refractivity contribution in [1.29, 1.82) is 0 Å². The Hall–Kier alpha value is -1.44. The van der Waals surface area contributed by atoms with Crippen LogP contribution in [0, 0.1) is 0 Å². The molecule has 2 heteroatoms. The summed E-state index contributed by atoms with van der Waals surface area (Å²) >= 11 is 0. The molecule has 0 fully saturated rings. The first kappa shape index (κ1) is 11.1. The standard InChI is InChI=1S/C14H20N2/c1-3-15(4-2)14-10-11-16(12-14)13-8-6-5-7-9-13/h5-10H,3-4,11-12H2,1-2H3. The van der Waals surface area contributed by atoms with Crippen LogP contribution in [-0.4, -0.2) is 31.1 Å². The number of anilines is 1. The fourth-order valence-corrected chi connectivity index (χ4v) is 2.23. The third-order valence-electron chi connectivity index (χ3n) is 3.19. The Bertz CT molecular complexity index is 352. The first-order valence-corrected chi connectivity index (χ1v) is 6.09. The van der Waals surface area contributed by atoms with E-state index < -0.39 is 0 Å². The van der Waals surface area contributed by atoms with E-state index in [4.69, 9.17) is 0 Å². The molecule has 1 aromatic rings. The van der Waals surface area contributed by atoms with Crippen molar-refractivity contribution in [2.45, 2.75) is 13.8 Å². The van der Waals surface area contributed by atoms with Gasteiger partial charge in [-0.05, 0) is 32.1 Å². The number of benzene rings is 1. The Morgan fingerprint density at radius 3 is 2.44 bits per heavy atom. The number of para-hydroxylation sites is 1. The third kappa shape index (κ3) is 2.21. The van der Waals surface area contributed by atoms with Crippen molar-refractivity contribution >= 4 is 5.69 Å². The minimum Gasteiger partial charge on any atom is -0.374 e. The van der Waals surface area contributed by atoms with Crippen LogP contribution >= 0.6 is 0 Å². The summed E-state index contributed by atoms with van der Waals surface area (Å²) in [5, 5.41) is 0. The van der Waals surface area contributed by atoms with Gasteiger partial charge >= 0.3 is 0 Å². The van der Waals surface area contributed by atoms with Gasteiger partial charge in [0.05, 0.1) is 6.54 Å². The lowest BCUT2D eigenvalue weighted by atomic mass is 10.3. The van der Waals surface area contributed by atoms with Crippen molar-refractivity contribution < 1.29 is 0 Å². The van der Waals surface area contributed by atoms with Crippen LogP contribution in [-0.2, 0) is 0 Å². The number of rotatable bonds is 4. The SMILES string of the molecule is CCN(CC)C1=CCN(c2ccccc2)C1. The fraction of sp³-hybridized carbons (Fsp3) is 0.429. The molecule has 2 rings (SSSR count). The molecular formula is C14H20N2. The summed E-state index contributed by atoms with van der Waals surface area (Å²) in [5.74, 6) is 0. The Balaban J connectivity index is 2.01. The highest BCUT2D eigenvalue weighted by atomic mass is 15.2. The van der Waals surface area contributed by atoms with E-state index in [1.807, 2.05) is 0 Å². The Kier molecular flexibility index (Phi) is 3.50. The predicted octanol–water partition coefficient (Wildman–Crippen LogP) is 2.73. The summed E-state index contributed by atoms with van der Waals surface area (Å²) in [6.07, 6.45) is 2.35. The van der Waals surface area contributed by atoms with Gasteiger partial charge in [-0.25, -0.2) is 0 Å². The van der Waals surface area contributed by atoms with Gasteiger partial charge in [-0.15, -0.1) is 0 Å². The van der Waals surface area contributed by atoms with Crippen LogP contribution in [0.4, 0.5) is 5.69 Å². The molecule has 16 heavy (non-hydrogen) atoms. The zero-order valence-electron chi connectivity index (χ0n) is 10.2. The number of hydrogen-bond donors (Lipinski definition) is 0. The van der Waals surface area contributed by atoms with Crippen LogP contribution in [0.15, 0.2) is 42.1 Å². The molecule has 0 saturated heterocycles. The highest BCUT2D eigenvalue weighted by Gasteiger charge is 2.17. The zero-order chi connectivity index (χ0) is 11.4. The predicted molar refractivity (Wildman–Crippen MR) is 69.7 cm³/mol. The summed E-state index contributed by atoms with van der Waals surface area (Å²) in [4.78, 5) is 4.84. The smallest absolute Gasteiger partial charge is 0.0579 e. The average molecular weight is 216 g/mol. The second-order valence-corrected chi connectivity index (χ2v) is 4.08. The lowest BCUT2D eigenvalue weighted by Crippen LogP contribution is -2.27. The lowest BCUT2D eigenvalue weighted by Gasteiger charge is -2.25. The molecule has 0 amide bonds. The van der Waals surface area contributed by atoms with Crippen LogP contribution in [0.1, 0.15) is 13.8 Å². The normalized spacial score (nSPS) is 15.1. The summed E-state index contributed by atoms with van der Waals surface area (Å²) < 4.78 is 0. The van der Waals surface area contributed by atoms with Crippen molar-refractivity contribution in [3.05, 3.63) is 42.1 Å². The van der Waals surface area contributed by atoms with Crippen molar-refractivity contribution in [3.8, 4) is 0 Å². The molecular weight excluding hydrogens is 196 g/mol. The first-order valence-electron chi connectivity index (χ1n) is 6.09. The van der Waals surface area contributed by atoms with E-state index in [0.29, 0.717) is 0 Å². The van der Waals surface area contributed by atoms with Crippen LogP contribution in [0.25, 0.3) is 0 Å². The van der Waals surface area contributed by atoms with E-state index in [1.165, 1.54) is 11.4 Å². The maximum atomic E-state index is 2.43. The molecule has 0 bridgehead atoms. The van der Waals surface area contributed by atoms with Gasteiger partial charge in [0.1, 0.15) is 0 Å². The largest absolute Gasteiger partial charge is 0.374 e. The molecule has 0 radical (unpaired) electrons. The molecule has 0 N–H and O–H groups in total. The lowest BCUT2D eigenvalue weighted by molar-refractivity contribution is 0.380. The van der Waals surface area contributed by atoms with Crippen LogP contribution in [0.3, 0.4) is 0 Å². The molecule has 1 heterocycles. The van der Waals surface area contributed by atoms with Crippen molar-refractivity contribution in [2.24, 2.45) is 0 Å². The summed E-state index contributed by atoms with van der Waals surface area (Å²) in [6.45, 7) is 8.72. The molecule has 1 aromatic carbocycles. The Labute approximate surface area is 98.2 Å². The van der Waals surface area contributed by atoms with E-state index in [-0.39, 0.29) is 0 Å². The molecule has 1 aliphatic heterocycles. The molecule has 2 nitrogen and oxygen atoms in total. The van der Waals surface area contributed by atoms with Crippen LogP contribution in [0.5, 0.6) is 0 Å². The van der Waals surface area contributed by atoms with E-state index in [2.05, 4.69) is 60.1 Å². The number of nitrogens with zero attached hydrogens (tertiary/aromatic N) is 2. The van der Waals surface area contributed by atoms with Gasteiger partial charge in [0.2, 0.25) is 0 Å². The molecule has 0 aliphatic carbocycles. The second kappa shape index (κ2) is 5.06. The molecule has 0 unspecified atom stereocenters. The first-order chi connectivity index (χ1) is 7.85. The minimum atomic E-state index is 1.04. The third-order valence-corrected chi connectivity index (χ3v) is 3.19. The maximum absolute atomic E-state index is 2.43. The average Bonchev–Trinajstić information content (AvgIpc) is 2.81. The van der Waals surface area contributed by atoms with E-state index in [9.17, 15) is 0 Å². The number of hydrogen-bond acceptors (Lipinski definition) is 2. The highest BCUT2D eigenvalue weighted by molar-refractivity contribution is 5.50. The van der Waals surface area contributed by atoms with Gasteiger partial charge in [-0.3, -0.25) is 0 Å². The Morgan fingerprint density at radius 2 is 1.81 bits per heavy atom. The van der Waals surface area contributed by atoms with Gasteiger partial charge < -0.3 is 9.80 Å². The highest BCUT2D eigenvalue weighted by Crippen LogP contribution is 2.21. The molecule has 1 aliphatic rings. The quantitative estimate of drug-likeness (QED) is 0.763. The summed E-state index contributed by atoms with van der Waals surface area (Å²) in [6, 6.07) is 10.6. The van der Waals surface area contributed by atoms with Gasteiger partial charge in [0.15, 0.2) is 0 Å². The Morgan fingerprint density at radius 1 is 1.12 bits per heavy atom. The molecule has 0 atom stereocenters. The molecule has 0 saturated carbocycles. The fourth-order valence-electron chi connectivity index (χ4n) is 2.23. The van der Waals surface area contributed by atoms with Crippen LogP contribution in [0.2, 0.25) is 0 Å². The van der Waals surface area contributed by atoms with Crippen LogP contribution < -0.4 is 4.90 Å². The molecule has 0 aromatic heterocycles. The number of likely N-dealkylation sites (N-methyl/N-ethyl adjacent to an activating group) is 1.